The Kier molecular flexibility index (Phi) is 8.86. The molecule has 0 heterocycles. The zero-order valence-corrected chi connectivity index (χ0v) is 21.3. The molecule has 1 fully saturated rings. The van der Waals surface area contributed by atoms with Crippen molar-refractivity contribution >= 4 is 36.7 Å². The molecule has 1 aliphatic carbocycles. The quantitative estimate of drug-likeness (QED) is 0.242. The standard InChI is InChI=1S/C22H40O2S2Si/c1-11-22(7)15-19(24-20(25)26-8)17(14-18(22)16(2)3)12-13-23-27(9,10)21(4,5)6/h11,17-19H,1-2,12-15H2,3-10H3/t17-,18-,19+,22+/m1/s1. The Morgan fingerprint density at radius 3 is 2.41 bits per heavy atom. The van der Waals surface area contributed by atoms with Gasteiger partial charge in [0, 0.05) is 6.61 Å². The van der Waals surface area contributed by atoms with E-state index in [2.05, 4.69) is 66.9 Å². The molecule has 0 aromatic rings. The summed E-state index contributed by atoms with van der Waals surface area (Å²) in [4.78, 5) is 0. The summed E-state index contributed by atoms with van der Waals surface area (Å²) < 4.78 is 13.3. The predicted molar refractivity (Wildman–Crippen MR) is 128 cm³/mol. The zero-order chi connectivity index (χ0) is 21.0. The van der Waals surface area contributed by atoms with Gasteiger partial charge in [-0.25, -0.2) is 0 Å². The van der Waals surface area contributed by atoms with Crippen LogP contribution >= 0.6 is 24.0 Å². The average molecular weight is 429 g/mol. The molecule has 0 N–H and O–H groups in total. The van der Waals surface area contributed by atoms with Crippen molar-refractivity contribution in [1.29, 1.82) is 0 Å². The first kappa shape index (κ1) is 24.9. The van der Waals surface area contributed by atoms with E-state index in [1.54, 1.807) is 0 Å². The Balaban J connectivity index is 2.93. The maximum Gasteiger partial charge on any atom is 0.219 e. The van der Waals surface area contributed by atoms with Crippen molar-refractivity contribution in [2.24, 2.45) is 17.3 Å². The molecule has 0 saturated heterocycles. The normalized spacial score (nSPS) is 29.3. The molecule has 156 valence electrons. The van der Waals surface area contributed by atoms with Gasteiger partial charge in [0.25, 0.3) is 0 Å². The van der Waals surface area contributed by atoms with Gasteiger partial charge in [-0.2, -0.15) is 0 Å². The van der Waals surface area contributed by atoms with E-state index in [1.165, 1.54) is 17.3 Å². The van der Waals surface area contributed by atoms with Crippen LogP contribution in [0.25, 0.3) is 0 Å². The fourth-order valence-corrected chi connectivity index (χ4v) is 5.16. The lowest BCUT2D eigenvalue weighted by atomic mass is 9.60. The summed E-state index contributed by atoms with van der Waals surface area (Å²) >= 11 is 6.88. The van der Waals surface area contributed by atoms with Crippen LogP contribution in [-0.4, -0.2) is 31.7 Å². The summed E-state index contributed by atoms with van der Waals surface area (Å²) in [7, 11) is -1.73. The number of rotatable bonds is 7. The van der Waals surface area contributed by atoms with Gasteiger partial charge < -0.3 is 9.16 Å². The molecular formula is C22H40O2S2Si. The third-order valence-electron chi connectivity index (χ3n) is 6.73. The highest BCUT2D eigenvalue weighted by Crippen LogP contribution is 2.49. The first-order valence-electron chi connectivity index (χ1n) is 9.95. The van der Waals surface area contributed by atoms with E-state index in [9.17, 15) is 0 Å². The molecule has 0 aromatic carbocycles. The van der Waals surface area contributed by atoms with Gasteiger partial charge in [-0.3, -0.25) is 0 Å². The zero-order valence-electron chi connectivity index (χ0n) is 18.7. The highest BCUT2D eigenvalue weighted by atomic mass is 32.2. The maximum absolute atomic E-state index is 6.45. The van der Waals surface area contributed by atoms with Crippen molar-refractivity contribution in [3.63, 3.8) is 0 Å². The number of thiocarbonyl (C=S) groups is 1. The van der Waals surface area contributed by atoms with E-state index >= 15 is 0 Å². The topological polar surface area (TPSA) is 18.5 Å². The summed E-state index contributed by atoms with van der Waals surface area (Å²) in [5.74, 6) is 0.852. The minimum atomic E-state index is -1.73. The third kappa shape index (κ3) is 6.45. The van der Waals surface area contributed by atoms with Crippen molar-refractivity contribution in [2.45, 2.75) is 78.1 Å². The van der Waals surface area contributed by atoms with Gasteiger partial charge in [-0.1, -0.05) is 57.7 Å². The molecule has 0 unspecified atom stereocenters. The summed E-state index contributed by atoms with van der Waals surface area (Å²) in [6, 6.07) is 0. The van der Waals surface area contributed by atoms with Gasteiger partial charge in [0.2, 0.25) is 4.38 Å². The molecule has 4 atom stereocenters. The van der Waals surface area contributed by atoms with Crippen LogP contribution in [0.4, 0.5) is 0 Å². The number of allylic oxidation sites excluding steroid dienone is 2. The van der Waals surface area contributed by atoms with E-state index in [0.29, 0.717) is 16.2 Å². The fraction of sp³-hybridized carbons (Fsp3) is 0.773. The first-order valence-corrected chi connectivity index (χ1v) is 14.5. The molecule has 0 spiro atoms. The van der Waals surface area contributed by atoms with E-state index in [0.717, 1.165) is 25.9 Å². The number of ether oxygens (including phenoxy) is 1. The number of hydrogen-bond acceptors (Lipinski definition) is 4. The number of hydrogen-bond donors (Lipinski definition) is 0. The monoisotopic (exact) mass is 428 g/mol. The highest BCUT2D eigenvalue weighted by molar-refractivity contribution is 8.22. The van der Waals surface area contributed by atoms with Crippen molar-refractivity contribution in [2.75, 3.05) is 12.9 Å². The largest absolute Gasteiger partial charge is 0.475 e. The van der Waals surface area contributed by atoms with Gasteiger partial charge in [0.15, 0.2) is 8.32 Å². The lowest BCUT2D eigenvalue weighted by molar-refractivity contribution is 0.00573. The van der Waals surface area contributed by atoms with Crippen LogP contribution < -0.4 is 0 Å². The molecule has 27 heavy (non-hydrogen) atoms. The van der Waals surface area contributed by atoms with Crippen LogP contribution in [-0.2, 0) is 9.16 Å². The minimum absolute atomic E-state index is 0.00130. The second-order valence-electron chi connectivity index (χ2n) is 9.82. The summed E-state index contributed by atoms with van der Waals surface area (Å²) in [6.45, 7) is 25.1. The van der Waals surface area contributed by atoms with Crippen molar-refractivity contribution in [3.05, 3.63) is 24.8 Å². The predicted octanol–water partition coefficient (Wildman–Crippen LogP) is 7.23. The first-order chi connectivity index (χ1) is 12.3. The Hall–Kier alpha value is -0.103. The van der Waals surface area contributed by atoms with Gasteiger partial charge in [-0.15, -0.1) is 6.58 Å². The molecule has 0 amide bonds. The van der Waals surface area contributed by atoms with E-state index < -0.39 is 8.32 Å². The molecule has 0 radical (unpaired) electrons. The molecule has 1 rings (SSSR count). The molecule has 1 aliphatic rings. The molecule has 1 saturated carbocycles. The van der Waals surface area contributed by atoms with Crippen LogP contribution in [0.1, 0.15) is 53.9 Å². The summed E-state index contributed by atoms with van der Waals surface area (Å²) in [5.41, 5.74) is 1.24. The second-order valence-corrected chi connectivity index (χ2v) is 16.0. The molecule has 2 nitrogen and oxygen atoms in total. The molecular weight excluding hydrogens is 388 g/mol. The van der Waals surface area contributed by atoms with E-state index in [4.69, 9.17) is 21.4 Å². The minimum Gasteiger partial charge on any atom is -0.475 e. The van der Waals surface area contributed by atoms with Gasteiger partial charge in [0.05, 0.1) is 0 Å². The fourth-order valence-electron chi connectivity index (χ4n) is 3.75. The SMILES string of the molecule is C=C[C@@]1(C)C[C@H](OC(=S)SC)[C@H](CCO[Si](C)(C)C(C)(C)C)C[C@@H]1C(=C)C. The van der Waals surface area contributed by atoms with Crippen molar-refractivity contribution in [3.8, 4) is 0 Å². The van der Waals surface area contributed by atoms with Crippen molar-refractivity contribution in [1.82, 2.24) is 0 Å². The highest BCUT2D eigenvalue weighted by Gasteiger charge is 2.45. The summed E-state index contributed by atoms with van der Waals surface area (Å²) in [5, 5.41) is 0.234. The smallest absolute Gasteiger partial charge is 0.219 e. The Bertz CT molecular complexity index is 553. The van der Waals surface area contributed by atoms with Crippen LogP contribution in [0.3, 0.4) is 0 Å². The van der Waals surface area contributed by atoms with Gasteiger partial charge in [-0.05, 0) is 80.0 Å². The molecule has 0 aromatic heterocycles. The molecule has 0 aliphatic heterocycles. The van der Waals surface area contributed by atoms with Gasteiger partial charge in [0.1, 0.15) is 6.10 Å². The Morgan fingerprint density at radius 2 is 1.96 bits per heavy atom. The Morgan fingerprint density at radius 1 is 1.37 bits per heavy atom. The van der Waals surface area contributed by atoms with Crippen LogP contribution in [0.5, 0.6) is 0 Å². The lowest BCUT2D eigenvalue weighted by Gasteiger charge is -2.47. The van der Waals surface area contributed by atoms with Crippen LogP contribution in [0, 0.1) is 17.3 Å². The number of thioether (sulfide) groups is 1. The van der Waals surface area contributed by atoms with Crippen LogP contribution in [0.2, 0.25) is 18.1 Å². The Labute approximate surface area is 178 Å². The summed E-state index contributed by atoms with van der Waals surface area (Å²) in [6.07, 6.45) is 7.18. The second kappa shape index (κ2) is 9.60. The van der Waals surface area contributed by atoms with E-state index in [1.807, 2.05) is 6.26 Å². The maximum atomic E-state index is 6.45. The third-order valence-corrected chi connectivity index (χ3v) is 12.3. The lowest BCUT2D eigenvalue weighted by Crippen LogP contribution is -2.45. The van der Waals surface area contributed by atoms with Gasteiger partial charge >= 0.3 is 0 Å². The van der Waals surface area contributed by atoms with E-state index in [-0.39, 0.29) is 16.6 Å². The molecule has 5 heteroatoms. The molecule has 0 bridgehead atoms. The average Bonchev–Trinajstić information content (AvgIpc) is 2.55. The van der Waals surface area contributed by atoms with Crippen LogP contribution in [0.15, 0.2) is 24.8 Å². The van der Waals surface area contributed by atoms with Crippen molar-refractivity contribution < 1.29 is 9.16 Å².